The molecule has 212 valence electrons. The van der Waals surface area contributed by atoms with E-state index in [1.54, 1.807) is 6.92 Å². The van der Waals surface area contributed by atoms with Crippen LogP contribution >= 0.6 is 0 Å². The Hall–Kier alpha value is -4.45. The second kappa shape index (κ2) is 12.6. The second-order valence-corrected chi connectivity index (χ2v) is 11.1. The zero-order chi connectivity index (χ0) is 29.6. The Bertz CT molecular complexity index is 1510. The molecule has 0 saturated heterocycles. The summed E-state index contributed by atoms with van der Waals surface area (Å²) in [4.78, 5) is 38.2. The van der Waals surface area contributed by atoms with Crippen molar-refractivity contribution in [3.63, 3.8) is 0 Å². The predicted molar refractivity (Wildman–Crippen MR) is 151 cm³/mol. The van der Waals surface area contributed by atoms with Crippen LogP contribution < -0.4 is 14.4 Å². The van der Waals surface area contributed by atoms with Gasteiger partial charge in [-0.2, -0.15) is 0 Å². The minimum absolute atomic E-state index is 0.0571. The maximum atomic E-state index is 13.9. The molecule has 3 rings (SSSR count). The van der Waals surface area contributed by atoms with Crippen LogP contribution in [0.5, 0.6) is 5.75 Å². The first-order valence-electron chi connectivity index (χ1n) is 12.4. The predicted octanol–water partition coefficient (Wildman–Crippen LogP) is 3.58. The number of nitro groups is 1. The molecule has 0 aliphatic heterocycles. The van der Waals surface area contributed by atoms with Crippen LogP contribution in [0.25, 0.3) is 0 Å². The van der Waals surface area contributed by atoms with E-state index in [0.717, 1.165) is 21.5 Å². The number of aryl methyl sites for hydroxylation is 2. The van der Waals surface area contributed by atoms with Gasteiger partial charge >= 0.3 is 0 Å². The number of amides is 2. The highest BCUT2D eigenvalue weighted by molar-refractivity contribution is 7.92. The third-order valence-corrected chi connectivity index (χ3v) is 8.22. The van der Waals surface area contributed by atoms with Gasteiger partial charge in [0, 0.05) is 25.2 Å². The summed E-state index contributed by atoms with van der Waals surface area (Å²) in [5, 5.41) is 14.1. The number of nitrogens with zero attached hydrogens (tertiary/aromatic N) is 3. The highest BCUT2D eigenvalue weighted by atomic mass is 32.2. The van der Waals surface area contributed by atoms with E-state index in [1.165, 1.54) is 62.4 Å². The lowest BCUT2D eigenvalue weighted by atomic mass is 10.1. The summed E-state index contributed by atoms with van der Waals surface area (Å²) >= 11 is 0. The van der Waals surface area contributed by atoms with Gasteiger partial charge in [0.25, 0.3) is 15.7 Å². The largest absolute Gasteiger partial charge is 0.497 e. The quantitative estimate of drug-likeness (QED) is 0.276. The van der Waals surface area contributed by atoms with Crippen LogP contribution in [-0.2, 0) is 26.2 Å². The molecule has 0 bridgehead atoms. The van der Waals surface area contributed by atoms with Crippen molar-refractivity contribution in [1.82, 2.24) is 10.2 Å². The smallest absolute Gasteiger partial charge is 0.273 e. The summed E-state index contributed by atoms with van der Waals surface area (Å²) in [6.07, 6.45) is 0. The van der Waals surface area contributed by atoms with E-state index in [9.17, 15) is 28.1 Å². The van der Waals surface area contributed by atoms with Crippen molar-refractivity contribution in [2.75, 3.05) is 25.0 Å². The molecule has 0 unspecified atom stereocenters. The van der Waals surface area contributed by atoms with Crippen molar-refractivity contribution in [3.05, 3.63) is 93.5 Å². The molecule has 0 radical (unpaired) electrons. The summed E-state index contributed by atoms with van der Waals surface area (Å²) < 4.78 is 33.9. The van der Waals surface area contributed by atoms with Gasteiger partial charge in [-0.1, -0.05) is 35.9 Å². The van der Waals surface area contributed by atoms with Crippen LogP contribution in [0.15, 0.2) is 71.6 Å². The highest BCUT2D eigenvalue weighted by Gasteiger charge is 2.33. The zero-order valence-electron chi connectivity index (χ0n) is 23.0. The SMILES string of the molecule is CNC(=O)[C@H](C)N(Cc1cccc(C)c1)C(=O)CN(c1ccc(OC)cc1)S(=O)(=O)c1ccc(C)c([N+](=O)[O-])c1. The van der Waals surface area contributed by atoms with E-state index in [2.05, 4.69) is 5.32 Å². The van der Waals surface area contributed by atoms with E-state index in [-0.39, 0.29) is 22.8 Å². The standard InChI is InChI=1S/C28H32N4O7S/c1-19-7-6-8-22(15-19)17-30(21(3)28(34)29-4)27(33)18-31(23-10-12-24(39-5)13-11-23)40(37,38)25-14-9-20(2)26(16-25)32(35)36/h6-16,21H,17-18H2,1-5H3,(H,29,34)/t21-/m0/s1. The molecule has 40 heavy (non-hydrogen) atoms. The van der Waals surface area contributed by atoms with Crippen LogP contribution in [-0.4, -0.2) is 56.8 Å². The van der Waals surface area contributed by atoms with Gasteiger partial charge in [0.05, 0.1) is 22.6 Å². The van der Waals surface area contributed by atoms with E-state index < -0.39 is 39.3 Å². The monoisotopic (exact) mass is 568 g/mol. The summed E-state index contributed by atoms with van der Waals surface area (Å²) in [6.45, 7) is 4.35. The minimum atomic E-state index is -4.47. The number of sulfonamides is 1. The summed E-state index contributed by atoms with van der Waals surface area (Å²) in [5.74, 6) is -0.597. The second-order valence-electron chi connectivity index (χ2n) is 9.22. The molecular weight excluding hydrogens is 536 g/mol. The molecule has 11 nitrogen and oxygen atoms in total. The Morgan fingerprint density at radius 3 is 2.30 bits per heavy atom. The Balaban J connectivity index is 2.09. The molecule has 0 aliphatic rings. The van der Waals surface area contributed by atoms with Gasteiger partial charge in [0.15, 0.2) is 0 Å². The molecule has 0 spiro atoms. The molecule has 1 N–H and O–H groups in total. The number of nitrogens with one attached hydrogen (secondary N) is 1. The number of carbonyl (C=O) groups excluding carboxylic acids is 2. The van der Waals surface area contributed by atoms with Crippen LogP contribution in [0.1, 0.15) is 23.6 Å². The Morgan fingerprint density at radius 2 is 1.73 bits per heavy atom. The van der Waals surface area contributed by atoms with E-state index in [4.69, 9.17) is 4.74 Å². The molecule has 0 aromatic heterocycles. The lowest BCUT2D eigenvalue weighted by Gasteiger charge is -2.31. The molecule has 2 amide bonds. The summed E-state index contributed by atoms with van der Waals surface area (Å²) in [5.41, 5.74) is 1.79. The summed E-state index contributed by atoms with van der Waals surface area (Å²) in [7, 11) is -1.56. The van der Waals surface area contributed by atoms with Crippen molar-refractivity contribution in [2.24, 2.45) is 0 Å². The number of hydrogen-bond acceptors (Lipinski definition) is 7. The Labute approximate surface area is 233 Å². The van der Waals surface area contributed by atoms with Crippen molar-refractivity contribution in [1.29, 1.82) is 0 Å². The number of ether oxygens (including phenoxy) is 1. The number of nitro benzene ring substituents is 1. The van der Waals surface area contributed by atoms with E-state index in [1.807, 2.05) is 31.2 Å². The molecule has 0 fully saturated rings. The minimum Gasteiger partial charge on any atom is -0.497 e. The van der Waals surface area contributed by atoms with Crippen LogP contribution in [0.3, 0.4) is 0 Å². The van der Waals surface area contributed by atoms with Crippen molar-refractivity contribution < 1.29 is 27.7 Å². The van der Waals surface area contributed by atoms with E-state index >= 15 is 0 Å². The fourth-order valence-corrected chi connectivity index (χ4v) is 5.58. The normalized spacial score (nSPS) is 11.8. The van der Waals surface area contributed by atoms with Gasteiger partial charge in [-0.25, -0.2) is 8.42 Å². The van der Waals surface area contributed by atoms with Gasteiger partial charge in [0.2, 0.25) is 11.8 Å². The maximum Gasteiger partial charge on any atom is 0.273 e. The first-order chi connectivity index (χ1) is 18.9. The average Bonchev–Trinajstić information content (AvgIpc) is 2.93. The van der Waals surface area contributed by atoms with Crippen LogP contribution in [0.2, 0.25) is 0 Å². The fraction of sp³-hybridized carbons (Fsp3) is 0.286. The number of rotatable bonds is 11. The third kappa shape index (κ3) is 6.75. The van der Waals surface area contributed by atoms with Crippen LogP contribution in [0.4, 0.5) is 11.4 Å². The summed E-state index contributed by atoms with van der Waals surface area (Å²) in [6, 6.07) is 16.1. The molecule has 3 aromatic carbocycles. The highest BCUT2D eigenvalue weighted by Crippen LogP contribution is 2.29. The Kier molecular flexibility index (Phi) is 9.48. The lowest BCUT2D eigenvalue weighted by molar-refractivity contribution is -0.385. The number of hydrogen-bond donors (Lipinski definition) is 1. The van der Waals surface area contributed by atoms with Gasteiger partial charge < -0.3 is 15.0 Å². The molecule has 3 aromatic rings. The fourth-order valence-electron chi connectivity index (χ4n) is 4.15. The molecule has 12 heteroatoms. The van der Waals surface area contributed by atoms with Crippen LogP contribution in [0, 0.1) is 24.0 Å². The molecule has 0 saturated carbocycles. The lowest BCUT2D eigenvalue weighted by Crippen LogP contribution is -2.50. The first-order valence-corrected chi connectivity index (χ1v) is 13.8. The van der Waals surface area contributed by atoms with Gasteiger partial charge in [0.1, 0.15) is 18.3 Å². The van der Waals surface area contributed by atoms with E-state index in [0.29, 0.717) is 11.3 Å². The average molecular weight is 569 g/mol. The molecule has 0 heterocycles. The number of anilines is 1. The molecule has 1 atom stereocenters. The maximum absolute atomic E-state index is 13.9. The topological polar surface area (TPSA) is 139 Å². The van der Waals surface area contributed by atoms with Crippen molar-refractivity contribution >= 4 is 33.2 Å². The van der Waals surface area contributed by atoms with Gasteiger partial charge in [-0.05, 0) is 56.7 Å². The first kappa shape index (κ1) is 30.1. The van der Waals surface area contributed by atoms with Crippen molar-refractivity contribution in [2.45, 2.75) is 38.3 Å². The third-order valence-electron chi connectivity index (χ3n) is 6.45. The van der Waals surface area contributed by atoms with Crippen molar-refractivity contribution in [3.8, 4) is 5.75 Å². The zero-order valence-corrected chi connectivity index (χ0v) is 23.8. The number of benzene rings is 3. The molecular formula is C28H32N4O7S. The Morgan fingerprint density at radius 1 is 1.05 bits per heavy atom. The molecule has 0 aliphatic carbocycles. The number of likely N-dealkylation sites (N-methyl/N-ethyl adjacent to an activating group) is 1. The van der Waals surface area contributed by atoms with Gasteiger partial charge in [-0.3, -0.25) is 24.0 Å². The van der Waals surface area contributed by atoms with Gasteiger partial charge in [-0.15, -0.1) is 0 Å². The number of methoxy groups -OCH3 is 1. The number of carbonyl (C=O) groups is 2.